The molecule has 0 heterocycles. The molecule has 128 valence electrons. The zero-order valence-electron chi connectivity index (χ0n) is 14.8. The molecule has 2 aromatic rings. The van der Waals surface area contributed by atoms with Gasteiger partial charge in [0.2, 0.25) is 0 Å². The fourth-order valence-corrected chi connectivity index (χ4v) is 2.52. The van der Waals surface area contributed by atoms with E-state index in [2.05, 4.69) is 60.9 Å². The molecule has 4 nitrogen and oxygen atoms in total. The highest BCUT2D eigenvalue weighted by Crippen LogP contribution is 2.13. The van der Waals surface area contributed by atoms with Crippen molar-refractivity contribution in [1.29, 1.82) is 0 Å². The van der Waals surface area contributed by atoms with Crippen molar-refractivity contribution in [2.45, 2.75) is 33.0 Å². The Balaban J connectivity index is 2.08. The lowest BCUT2D eigenvalue weighted by molar-refractivity contribution is 0.184. The van der Waals surface area contributed by atoms with E-state index in [9.17, 15) is 0 Å². The van der Waals surface area contributed by atoms with Gasteiger partial charge in [-0.1, -0.05) is 54.6 Å². The number of benzene rings is 2. The van der Waals surface area contributed by atoms with Gasteiger partial charge in [-0.3, -0.25) is 0 Å². The molecule has 4 heteroatoms. The molecule has 2 N–H and O–H groups in total. The fraction of sp³-hybridized carbons (Fsp3) is 0.350. The Hall–Kier alpha value is -2.33. The fourth-order valence-electron chi connectivity index (χ4n) is 2.52. The molecule has 0 aliphatic heterocycles. The van der Waals surface area contributed by atoms with Gasteiger partial charge in [-0.2, -0.15) is 0 Å². The van der Waals surface area contributed by atoms with E-state index in [1.807, 2.05) is 18.2 Å². The number of hydrogen-bond acceptors (Lipinski definition) is 2. The Morgan fingerprint density at radius 1 is 1.04 bits per heavy atom. The number of hydrogen-bond donors (Lipinski definition) is 2. The van der Waals surface area contributed by atoms with E-state index in [1.165, 1.54) is 16.7 Å². The molecule has 24 heavy (non-hydrogen) atoms. The van der Waals surface area contributed by atoms with E-state index in [1.54, 1.807) is 7.11 Å². The molecule has 0 spiro atoms. The van der Waals surface area contributed by atoms with E-state index in [4.69, 9.17) is 9.73 Å². The molecule has 0 radical (unpaired) electrons. The van der Waals surface area contributed by atoms with Crippen molar-refractivity contribution in [1.82, 2.24) is 10.6 Å². The van der Waals surface area contributed by atoms with Crippen LogP contribution in [-0.2, 0) is 17.9 Å². The molecule has 0 aliphatic rings. The number of nitrogens with one attached hydrogen (secondary N) is 2. The zero-order valence-corrected chi connectivity index (χ0v) is 14.8. The summed E-state index contributed by atoms with van der Waals surface area (Å²) in [7, 11) is 1.72. The Morgan fingerprint density at radius 2 is 1.71 bits per heavy atom. The van der Waals surface area contributed by atoms with Gasteiger partial charge in [-0.15, -0.1) is 0 Å². The molecule has 2 rings (SSSR count). The van der Waals surface area contributed by atoms with Crippen LogP contribution >= 0.6 is 0 Å². The quantitative estimate of drug-likeness (QED) is 0.603. The summed E-state index contributed by atoms with van der Waals surface area (Å²) >= 11 is 0. The Morgan fingerprint density at radius 3 is 2.38 bits per heavy atom. The average molecular weight is 325 g/mol. The largest absolute Gasteiger partial charge is 0.380 e. The molecule has 1 unspecified atom stereocenters. The third kappa shape index (κ3) is 5.39. The van der Waals surface area contributed by atoms with Crippen molar-refractivity contribution >= 4 is 5.96 Å². The van der Waals surface area contributed by atoms with E-state index in [0.29, 0.717) is 13.2 Å². The van der Waals surface area contributed by atoms with Gasteiger partial charge in [0, 0.05) is 13.7 Å². The summed E-state index contributed by atoms with van der Waals surface area (Å²) in [6.45, 7) is 6.27. The van der Waals surface area contributed by atoms with Crippen LogP contribution in [0, 0.1) is 0 Å². The van der Waals surface area contributed by atoms with Crippen LogP contribution in [0.1, 0.15) is 36.6 Å². The van der Waals surface area contributed by atoms with Gasteiger partial charge < -0.3 is 15.4 Å². The molecule has 0 bridgehead atoms. The van der Waals surface area contributed by atoms with Gasteiger partial charge in [-0.25, -0.2) is 4.99 Å². The van der Waals surface area contributed by atoms with Crippen molar-refractivity contribution in [3.05, 3.63) is 71.3 Å². The summed E-state index contributed by atoms with van der Waals surface area (Å²) in [6.07, 6.45) is 0. The predicted molar refractivity (Wildman–Crippen MR) is 100.0 cm³/mol. The average Bonchev–Trinajstić information content (AvgIpc) is 2.62. The smallest absolute Gasteiger partial charge is 0.192 e. The number of nitrogens with zero attached hydrogens (tertiary/aromatic N) is 1. The second-order valence-electron chi connectivity index (χ2n) is 5.67. The normalized spacial score (nSPS) is 12.7. The number of rotatable bonds is 7. The summed E-state index contributed by atoms with van der Waals surface area (Å²) in [4.78, 5) is 4.73. The lowest BCUT2D eigenvalue weighted by Crippen LogP contribution is -2.38. The first-order valence-corrected chi connectivity index (χ1v) is 8.40. The van der Waals surface area contributed by atoms with Gasteiger partial charge in [0.25, 0.3) is 0 Å². The van der Waals surface area contributed by atoms with Crippen molar-refractivity contribution in [2.24, 2.45) is 4.99 Å². The first kappa shape index (κ1) is 18.0. The van der Waals surface area contributed by atoms with Crippen LogP contribution in [0.4, 0.5) is 0 Å². The van der Waals surface area contributed by atoms with Gasteiger partial charge in [0.05, 0.1) is 19.2 Å². The number of guanidine groups is 1. The van der Waals surface area contributed by atoms with Gasteiger partial charge in [0.1, 0.15) is 0 Å². The van der Waals surface area contributed by atoms with Crippen LogP contribution in [-0.4, -0.2) is 19.6 Å². The van der Waals surface area contributed by atoms with E-state index < -0.39 is 0 Å². The number of aliphatic imine (C=N–C) groups is 1. The van der Waals surface area contributed by atoms with Crippen molar-refractivity contribution in [3.63, 3.8) is 0 Å². The summed E-state index contributed by atoms with van der Waals surface area (Å²) in [6, 6.07) is 18.8. The topological polar surface area (TPSA) is 45.7 Å². The third-order valence-electron chi connectivity index (χ3n) is 3.82. The zero-order chi connectivity index (χ0) is 17.2. The minimum atomic E-state index is 0.193. The monoisotopic (exact) mass is 325 g/mol. The maximum atomic E-state index is 5.27. The molecular weight excluding hydrogens is 298 g/mol. The lowest BCUT2D eigenvalue weighted by Gasteiger charge is -2.18. The highest BCUT2D eigenvalue weighted by atomic mass is 16.5. The standard InChI is InChI=1S/C20H27N3O/c1-4-21-20(23-16(2)17-10-6-5-7-11-17)22-14-18-12-8-9-13-19(18)15-24-3/h5-13,16H,4,14-15H2,1-3H3,(H2,21,22,23). The first-order chi connectivity index (χ1) is 11.7. The molecule has 0 fully saturated rings. The molecule has 0 aromatic heterocycles. The maximum Gasteiger partial charge on any atom is 0.192 e. The van der Waals surface area contributed by atoms with Crippen molar-refractivity contribution in [3.8, 4) is 0 Å². The third-order valence-corrected chi connectivity index (χ3v) is 3.82. The van der Waals surface area contributed by atoms with Gasteiger partial charge >= 0.3 is 0 Å². The van der Waals surface area contributed by atoms with E-state index in [0.717, 1.165) is 12.5 Å². The summed E-state index contributed by atoms with van der Waals surface area (Å²) in [5.41, 5.74) is 3.60. The van der Waals surface area contributed by atoms with Crippen LogP contribution in [0.25, 0.3) is 0 Å². The first-order valence-electron chi connectivity index (χ1n) is 8.40. The number of ether oxygens (including phenoxy) is 1. The Kier molecular flexibility index (Phi) is 7.30. The molecule has 0 saturated carbocycles. The number of methoxy groups -OCH3 is 1. The molecule has 2 aromatic carbocycles. The molecular formula is C20H27N3O. The lowest BCUT2D eigenvalue weighted by atomic mass is 10.1. The second kappa shape index (κ2) is 9.73. The van der Waals surface area contributed by atoms with Crippen LogP contribution in [0.3, 0.4) is 0 Å². The minimum Gasteiger partial charge on any atom is -0.380 e. The predicted octanol–water partition coefficient (Wildman–Crippen LogP) is 3.65. The summed E-state index contributed by atoms with van der Waals surface area (Å²) in [5.74, 6) is 0.820. The van der Waals surface area contributed by atoms with E-state index in [-0.39, 0.29) is 6.04 Å². The van der Waals surface area contributed by atoms with Gasteiger partial charge in [0.15, 0.2) is 5.96 Å². The molecule has 1 atom stereocenters. The Bertz CT molecular complexity index is 640. The minimum absolute atomic E-state index is 0.193. The molecule has 0 saturated heterocycles. The van der Waals surface area contributed by atoms with Crippen LogP contribution in [0.15, 0.2) is 59.6 Å². The van der Waals surface area contributed by atoms with Crippen LogP contribution in [0.2, 0.25) is 0 Å². The Labute approximate surface area is 145 Å². The highest BCUT2D eigenvalue weighted by molar-refractivity contribution is 5.80. The molecule has 0 aliphatic carbocycles. The maximum absolute atomic E-state index is 5.27. The van der Waals surface area contributed by atoms with Crippen LogP contribution < -0.4 is 10.6 Å². The second-order valence-corrected chi connectivity index (χ2v) is 5.67. The molecule has 0 amide bonds. The van der Waals surface area contributed by atoms with Crippen LogP contribution in [0.5, 0.6) is 0 Å². The highest BCUT2D eigenvalue weighted by Gasteiger charge is 2.07. The summed E-state index contributed by atoms with van der Waals surface area (Å²) < 4.78 is 5.27. The van der Waals surface area contributed by atoms with Crippen molar-refractivity contribution in [2.75, 3.05) is 13.7 Å². The van der Waals surface area contributed by atoms with Gasteiger partial charge in [-0.05, 0) is 30.5 Å². The SMILES string of the molecule is CCNC(=NCc1ccccc1COC)NC(C)c1ccccc1. The summed E-state index contributed by atoms with van der Waals surface area (Å²) in [5, 5.41) is 6.78. The van der Waals surface area contributed by atoms with Crippen molar-refractivity contribution < 1.29 is 4.74 Å². The van der Waals surface area contributed by atoms with E-state index >= 15 is 0 Å².